The Labute approximate surface area is 166 Å². The lowest BCUT2D eigenvalue weighted by Crippen LogP contribution is -2.43. The van der Waals surface area contributed by atoms with Crippen LogP contribution in [0.1, 0.15) is 12.5 Å². The van der Waals surface area contributed by atoms with E-state index >= 15 is 0 Å². The van der Waals surface area contributed by atoms with Gasteiger partial charge in [-0.25, -0.2) is 4.79 Å². The van der Waals surface area contributed by atoms with Crippen LogP contribution in [0, 0.1) is 0 Å². The number of ether oxygens (including phenoxy) is 1. The number of hydrogen-bond acceptors (Lipinski definition) is 3. The smallest absolute Gasteiger partial charge is 0.326 e. The van der Waals surface area contributed by atoms with Crippen LogP contribution in [0.2, 0.25) is 5.02 Å². The van der Waals surface area contributed by atoms with Crippen molar-refractivity contribution in [2.24, 2.45) is 0 Å². The molecule has 140 valence electrons. The zero-order valence-corrected chi connectivity index (χ0v) is 16.2. The lowest BCUT2D eigenvalue weighted by Gasteiger charge is -2.15. The summed E-state index contributed by atoms with van der Waals surface area (Å²) in [6, 6.07) is 5.63. The molecule has 0 heterocycles. The molecule has 0 aliphatic heterocycles. The molecule has 0 spiro atoms. The zero-order valence-electron chi connectivity index (χ0n) is 14.0. The lowest BCUT2D eigenvalue weighted by molar-refractivity contribution is -0.142. The number of halogens is 3. The van der Waals surface area contributed by atoms with Crippen molar-refractivity contribution in [1.82, 2.24) is 5.32 Å². The normalized spacial score (nSPS) is 13.1. The minimum Gasteiger partial charge on any atom is -0.488 e. The summed E-state index contributed by atoms with van der Waals surface area (Å²) in [6.45, 7) is 4.72. The molecule has 2 N–H and O–H groups in total. The number of carbonyl (C=O) groups is 2. The number of carbonyl (C=O) groups excluding carboxylic acids is 1. The lowest BCUT2D eigenvalue weighted by atomic mass is 10.1. The van der Waals surface area contributed by atoms with Crippen molar-refractivity contribution in [3.8, 4) is 0 Å². The van der Waals surface area contributed by atoms with E-state index in [1.54, 1.807) is 31.2 Å². The Balaban J connectivity index is 2.60. The largest absolute Gasteiger partial charge is 0.488 e. The predicted octanol–water partition coefficient (Wildman–Crippen LogP) is 4.25. The maximum absolute atomic E-state index is 11.9. The van der Waals surface area contributed by atoms with E-state index in [1.807, 2.05) is 0 Å². The number of benzene rings is 1. The van der Waals surface area contributed by atoms with Gasteiger partial charge in [-0.15, -0.1) is 0 Å². The van der Waals surface area contributed by atoms with E-state index in [1.165, 1.54) is 12.2 Å². The van der Waals surface area contributed by atoms with Gasteiger partial charge < -0.3 is 15.2 Å². The summed E-state index contributed by atoms with van der Waals surface area (Å²) >= 11 is 17.3. The third-order valence-corrected chi connectivity index (χ3v) is 3.63. The molecule has 0 radical (unpaired) electrons. The van der Waals surface area contributed by atoms with Gasteiger partial charge in [-0.3, -0.25) is 4.79 Å². The van der Waals surface area contributed by atoms with Crippen LogP contribution in [-0.4, -0.2) is 29.6 Å². The fourth-order valence-electron chi connectivity index (χ4n) is 1.90. The van der Waals surface area contributed by atoms with Gasteiger partial charge in [0.05, 0.1) is 5.76 Å². The van der Waals surface area contributed by atoms with Crippen molar-refractivity contribution in [2.75, 3.05) is 6.61 Å². The minimum absolute atomic E-state index is 0.124. The first-order valence-corrected chi connectivity index (χ1v) is 8.60. The molecule has 1 atom stereocenters. The highest BCUT2D eigenvalue weighted by Crippen LogP contribution is 2.13. The zero-order chi connectivity index (χ0) is 19.7. The average Bonchev–Trinajstić information content (AvgIpc) is 2.53. The van der Waals surface area contributed by atoms with Crippen molar-refractivity contribution in [3.63, 3.8) is 0 Å². The summed E-state index contributed by atoms with van der Waals surface area (Å²) < 4.78 is 5.24. The minimum atomic E-state index is -1.15. The first-order chi connectivity index (χ1) is 12.2. The Bertz CT molecular complexity index is 726. The number of nitrogens with one attached hydrogen (secondary N) is 1. The Morgan fingerprint density at radius 1 is 1.27 bits per heavy atom. The van der Waals surface area contributed by atoms with Gasteiger partial charge in [0.2, 0.25) is 0 Å². The van der Waals surface area contributed by atoms with E-state index in [9.17, 15) is 14.7 Å². The second kappa shape index (κ2) is 10.9. The van der Waals surface area contributed by atoms with Crippen LogP contribution < -0.4 is 5.32 Å². The van der Waals surface area contributed by atoms with Gasteiger partial charge in [0.1, 0.15) is 6.04 Å². The van der Waals surface area contributed by atoms with Gasteiger partial charge >= 0.3 is 5.97 Å². The SMILES string of the molecule is C=C(Cl)/C=C(Cl)\C=C(/C)OCC(=O)N[C@@H](Cc1ccc(Cl)cc1)C(=O)O. The quantitative estimate of drug-likeness (QED) is 0.464. The van der Waals surface area contributed by atoms with Crippen LogP contribution in [-0.2, 0) is 20.7 Å². The Hall–Kier alpha value is -1.95. The van der Waals surface area contributed by atoms with Crippen LogP contribution in [0.25, 0.3) is 0 Å². The van der Waals surface area contributed by atoms with Crippen molar-refractivity contribution in [2.45, 2.75) is 19.4 Å². The highest BCUT2D eigenvalue weighted by atomic mass is 35.5. The van der Waals surface area contributed by atoms with E-state index in [-0.39, 0.29) is 23.1 Å². The first-order valence-electron chi connectivity index (χ1n) is 7.46. The van der Waals surface area contributed by atoms with Gasteiger partial charge in [0.15, 0.2) is 6.61 Å². The molecule has 0 aromatic heterocycles. The highest BCUT2D eigenvalue weighted by molar-refractivity contribution is 6.35. The van der Waals surface area contributed by atoms with E-state index in [2.05, 4.69) is 11.9 Å². The van der Waals surface area contributed by atoms with E-state index < -0.39 is 17.9 Å². The average molecular weight is 419 g/mol. The molecule has 1 aromatic carbocycles. The molecule has 0 unspecified atom stereocenters. The van der Waals surface area contributed by atoms with E-state index in [4.69, 9.17) is 39.5 Å². The van der Waals surface area contributed by atoms with Crippen molar-refractivity contribution < 1.29 is 19.4 Å². The van der Waals surface area contributed by atoms with Crippen LogP contribution in [0.15, 0.2) is 58.8 Å². The number of amides is 1. The van der Waals surface area contributed by atoms with Crippen LogP contribution in [0.4, 0.5) is 0 Å². The van der Waals surface area contributed by atoms with Crippen molar-refractivity contribution in [3.05, 3.63) is 69.4 Å². The standard InChI is InChI=1S/C18H18Cl3NO4/c1-11(19)7-15(21)8-12(2)26-10-17(23)22-16(18(24)25)9-13-3-5-14(20)6-4-13/h3-8,16H,1,9-10H2,2H3,(H,22,23)(H,24,25)/b12-8+,15-7+/t16-/m0/s1. The van der Waals surface area contributed by atoms with Crippen LogP contribution in [0.3, 0.4) is 0 Å². The van der Waals surface area contributed by atoms with Gasteiger partial charge in [-0.1, -0.05) is 53.5 Å². The first kappa shape index (κ1) is 22.1. The maximum Gasteiger partial charge on any atom is 0.326 e. The number of carboxylic acids is 1. The van der Waals surface area contributed by atoms with Crippen molar-refractivity contribution >= 4 is 46.7 Å². The third kappa shape index (κ3) is 8.94. The molecule has 1 aromatic rings. The Morgan fingerprint density at radius 2 is 1.88 bits per heavy atom. The second-order valence-electron chi connectivity index (χ2n) is 5.31. The predicted molar refractivity (Wildman–Crippen MR) is 103 cm³/mol. The molecule has 26 heavy (non-hydrogen) atoms. The molecule has 0 saturated heterocycles. The molecule has 0 aliphatic rings. The molecular formula is C18H18Cl3NO4. The summed E-state index contributed by atoms with van der Waals surface area (Å²) in [5.41, 5.74) is 0.734. The summed E-state index contributed by atoms with van der Waals surface area (Å²) in [5, 5.41) is 12.8. The maximum atomic E-state index is 11.9. The molecule has 0 bridgehead atoms. The second-order valence-corrected chi connectivity index (χ2v) is 6.67. The fraction of sp³-hybridized carbons (Fsp3) is 0.222. The molecule has 0 saturated carbocycles. The van der Waals surface area contributed by atoms with Gasteiger partial charge in [0, 0.05) is 21.5 Å². The number of rotatable bonds is 9. The molecule has 1 rings (SSSR count). The summed E-state index contributed by atoms with van der Waals surface area (Å²) in [5.74, 6) is -1.35. The Kier molecular flexibility index (Phi) is 9.27. The topological polar surface area (TPSA) is 75.6 Å². The fourth-order valence-corrected chi connectivity index (χ4v) is 2.48. The van der Waals surface area contributed by atoms with Gasteiger partial charge in [-0.2, -0.15) is 0 Å². The van der Waals surface area contributed by atoms with Crippen LogP contribution >= 0.6 is 34.8 Å². The Morgan fingerprint density at radius 3 is 2.42 bits per heavy atom. The van der Waals surface area contributed by atoms with E-state index in [0.717, 1.165) is 5.56 Å². The number of carboxylic acid groups (broad SMARTS) is 1. The van der Waals surface area contributed by atoms with Crippen molar-refractivity contribution in [1.29, 1.82) is 0 Å². The summed E-state index contributed by atoms with van der Waals surface area (Å²) in [4.78, 5) is 23.3. The summed E-state index contributed by atoms with van der Waals surface area (Å²) in [7, 11) is 0. The summed E-state index contributed by atoms with van der Waals surface area (Å²) in [6.07, 6.45) is 3.01. The third-order valence-electron chi connectivity index (χ3n) is 3.05. The van der Waals surface area contributed by atoms with E-state index in [0.29, 0.717) is 10.8 Å². The molecular weight excluding hydrogens is 401 g/mol. The van der Waals surface area contributed by atoms with Crippen LogP contribution in [0.5, 0.6) is 0 Å². The number of aliphatic carboxylic acids is 1. The monoisotopic (exact) mass is 417 g/mol. The van der Waals surface area contributed by atoms with Gasteiger partial charge in [-0.05, 0) is 36.8 Å². The molecule has 5 nitrogen and oxygen atoms in total. The molecule has 1 amide bonds. The molecule has 0 aliphatic carbocycles. The molecule has 8 heteroatoms. The number of hydrogen-bond donors (Lipinski definition) is 2. The number of allylic oxidation sites excluding steroid dienone is 5. The highest BCUT2D eigenvalue weighted by Gasteiger charge is 2.20. The van der Waals surface area contributed by atoms with Gasteiger partial charge in [0.25, 0.3) is 5.91 Å². The molecule has 0 fully saturated rings.